The molecule has 2 aromatic rings. The largest absolute Gasteiger partial charge is 0.384 e. The SMILES string of the molecule is FC(F)C(F)(F)C(F)(F)C(F)(F)COCC(CNc1ccccc1)SSC(CNc1ccccc1)COCC(F)(F)C(F)(F)C(F)(F)C(F)F. The van der Waals surface area contributed by atoms with E-state index < -0.39 is 85.3 Å². The molecule has 0 aliphatic rings. The molecule has 0 saturated heterocycles. The van der Waals surface area contributed by atoms with Crippen LogP contribution in [0.25, 0.3) is 0 Å². The highest BCUT2D eigenvalue weighted by atomic mass is 33.1. The van der Waals surface area contributed by atoms with Crippen molar-refractivity contribution in [3.63, 3.8) is 0 Å². The topological polar surface area (TPSA) is 42.5 Å². The Balaban J connectivity index is 2.19. The van der Waals surface area contributed by atoms with Gasteiger partial charge in [-0.2, -0.15) is 52.7 Å². The van der Waals surface area contributed by atoms with Gasteiger partial charge in [0.2, 0.25) is 0 Å². The molecule has 2 atom stereocenters. The molecule has 2 unspecified atom stereocenters. The second kappa shape index (κ2) is 17.8. The molecular formula is C28H28F16N2O2S2. The second-order valence-electron chi connectivity index (χ2n) is 10.4. The van der Waals surface area contributed by atoms with Gasteiger partial charge in [-0.05, 0) is 24.3 Å². The maximum atomic E-state index is 14.0. The molecule has 50 heavy (non-hydrogen) atoms. The van der Waals surface area contributed by atoms with E-state index in [9.17, 15) is 70.2 Å². The summed E-state index contributed by atoms with van der Waals surface area (Å²) in [4.78, 5) is 0. The molecule has 0 bridgehead atoms. The van der Waals surface area contributed by atoms with Crippen LogP contribution in [0.1, 0.15) is 0 Å². The van der Waals surface area contributed by atoms with Crippen molar-refractivity contribution in [2.75, 3.05) is 50.2 Å². The van der Waals surface area contributed by atoms with E-state index in [-0.39, 0.29) is 13.1 Å². The van der Waals surface area contributed by atoms with E-state index in [1.807, 2.05) is 0 Å². The first-order valence-electron chi connectivity index (χ1n) is 13.9. The lowest BCUT2D eigenvalue weighted by atomic mass is 10.1. The minimum atomic E-state index is -6.53. The molecule has 0 heterocycles. The van der Waals surface area contributed by atoms with Gasteiger partial charge in [0.25, 0.3) is 0 Å². The van der Waals surface area contributed by atoms with Gasteiger partial charge in [-0.1, -0.05) is 58.0 Å². The van der Waals surface area contributed by atoms with Gasteiger partial charge < -0.3 is 20.1 Å². The molecule has 0 saturated carbocycles. The fraction of sp³-hybridized carbons (Fsp3) is 0.571. The quantitative estimate of drug-likeness (QED) is 0.0864. The number of benzene rings is 2. The molecule has 0 spiro atoms. The summed E-state index contributed by atoms with van der Waals surface area (Å²) in [6, 6.07) is 15.6. The number of halogens is 16. The zero-order valence-electron chi connectivity index (χ0n) is 25.0. The molecule has 2 rings (SSSR count). The molecule has 4 nitrogen and oxygen atoms in total. The van der Waals surface area contributed by atoms with Crippen LogP contribution in [0.5, 0.6) is 0 Å². The molecule has 0 radical (unpaired) electrons. The number of rotatable bonds is 23. The van der Waals surface area contributed by atoms with Crippen molar-refractivity contribution in [2.45, 2.75) is 58.9 Å². The number of nitrogens with one attached hydrogen (secondary N) is 2. The van der Waals surface area contributed by atoms with E-state index in [1.165, 1.54) is 24.3 Å². The highest BCUT2D eigenvalue weighted by molar-refractivity contribution is 8.77. The van der Waals surface area contributed by atoms with E-state index in [0.29, 0.717) is 33.0 Å². The van der Waals surface area contributed by atoms with Crippen molar-refractivity contribution >= 4 is 33.0 Å². The van der Waals surface area contributed by atoms with Gasteiger partial charge in [-0.3, -0.25) is 0 Å². The van der Waals surface area contributed by atoms with Gasteiger partial charge >= 0.3 is 48.4 Å². The Bertz CT molecular complexity index is 1180. The lowest BCUT2D eigenvalue weighted by Crippen LogP contribution is -2.59. The zero-order valence-corrected chi connectivity index (χ0v) is 26.6. The number of hydrogen-bond donors (Lipinski definition) is 2. The van der Waals surface area contributed by atoms with Gasteiger partial charge in [-0.25, -0.2) is 17.6 Å². The van der Waals surface area contributed by atoms with E-state index in [2.05, 4.69) is 20.1 Å². The van der Waals surface area contributed by atoms with Crippen LogP contribution in [-0.2, 0) is 9.47 Å². The van der Waals surface area contributed by atoms with Crippen LogP contribution < -0.4 is 10.6 Å². The lowest BCUT2D eigenvalue weighted by molar-refractivity contribution is -0.345. The first-order valence-corrected chi connectivity index (χ1v) is 16.2. The predicted octanol–water partition coefficient (Wildman–Crippen LogP) is 9.70. The fourth-order valence-electron chi connectivity index (χ4n) is 3.55. The van der Waals surface area contributed by atoms with Crippen LogP contribution in [0.2, 0.25) is 0 Å². The first-order chi connectivity index (χ1) is 23.0. The molecule has 0 aromatic heterocycles. The third-order valence-corrected chi connectivity index (χ3v) is 9.65. The molecule has 0 fully saturated rings. The van der Waals surface area contributed by atoms with E-state index in [1.54, 1.807) is 36.4 Å². The predicted molar refractivity (Wildman–Crippen MR) is 156 cm³/mol. The third-order valence-electron chi connectivity index (χ3n) is 6.42. The van der Waals surface area contributed by atoms with Gasteiger partial charge in [-0.15, -0.1) is 0 Å². The van der Waals surface area contributed by atoms with Crippen LogP contribution in [-0.4, -0.2) is 98.4 Å². The van der Waals surface area contributed by atoms with Crippen molar-refractivity contribution < 1.29 is 79.7 Å². The first kappa shape index (κ1) is 43.7. The summed E-state index contributed by atoms with van der Waals surface area (Å²) < 4.78 is 223. The summed E-state index contributed by atoms with van der Waals surface area (Å²) in [5, 5.41) is 3.43. The Labute approximate surface area is 282 Å². The highest BCUT2D eigenvalue weighted by Gasteiger charge is 2.76. The van der Waals surface area contributed by atoms with Gasteiger partial charge in [0.05, 0.1) is 23.7 Å². The smallest absolute Gasteiger partial charge is 0.380 e. The van der Waals surface area contributed by atoms with Crippen LogP contribution in [0.15, 0.2) is 60.7 Å². The van der Waals surface area contributed by atoms with Gasteiger partial charge in [0.1, 0.15) is 13.2 Å². The van der Waals surface area contributed by atoms with Crippen molar-refractivity contribution in [3.05, 3.63) is 60.7 Å². The van der Waals surface area contributed by atoms with Crippen LogP contribution in [0.4, 0.5) is 81.6 Å². The molecule has 286 valence electrons. The Hall–Kier alpha value is -2.46. The summed E-state index contributed by atoms with van der Waals surface area (Å²) >= 11 is 0. The minimum absolute atomic E-state index is 0.246. The van der Waals surface area contributed by atoms with Crippen molar-refractivity contribution in [1.82, 2.24) is 0 Å². The van der Waals surface area contributed by atoms with Crippen LogP contribution in [0, 0.1) is 0 Å². The maximum absolute atomic E-state index is 14.0. The molecule has 0 aliphatic heterocycles. The molecule has 0 aliphatic carbocycles. The molecule has 22 heteroatoms. The van der Waals surface area contributed by atoms with E-state index in [4.69, 9.17) is 0 Å². The lowest BCUT2D eigenvalue weighted by Gasteiger charge is -2.32. The van der Waals surface area contributed by atoms with Crippen LogP contribution >= 0.6 is 21.6 Å². The minimum Gasteiger partial charge on any atom is -0.384 e. The Kier molecular flexibility index (Phi) is 15.6. The van der Waals surface area contributed by atoms with E-state index >= 15 is 0 Å². The van der Waals surface area contributed by atoms with Crippen molar-refractivity contribution in [3.8, 4) is 0 Å². The summed E-state index contributed by atoms with van der Waals surface area (Å²) in [5.74, 6) is -37.5. The third kappa shape index (κ3) is 11.0. The second-order valence-corrected chi connectivity index (χ2v) is 13.2. The summed E-state index contributed by atoms with van der Waals surface area (Å²) in [7, 11) is 1.36. The summed E-state index contributed by atoms with van der Waals surface area (Å²) in [5.41, 5.74) is 0.844. The van der Waals surface area contributed by atoms with E-state index in [0.717, 1.165) is 0 Å². The summed E-state index contributed by atoms with van der Waals surface area (Å²) in [6.45, 7) is -7.24. The average Bonchev–Trinajstić information content (AvgIpc) is 3.04. The zero-order chi connectivity index (χ0) is 38.0. The Morgan fingerprint density at radius 1 is 0.500 bits per heavy atom. The average molecular weight is 793 g/mol. The van der Waals surface area contributed by atoms with Crippen molar-refractivity contribution in [2.24, 2.45) is 0 Å². The standard InChI is InChI=1S/C28H28F16N2O2S2/c29-21(30)25(37,38)27(41,42)23(33,34)15-47-13-19(11-45-17-7-3-1-4-8-17)49-50-20(12-46-18-9-5-2-6-10-18)14-48-16-24(35,36)28(43,44)26(39,40)22(31)32/h1-10,19-22,45-46H,11-16H2. The fourth-order valence-corrected chi connectivity index (χ4v) is 6.16. The summed E-state index contributed by atoms with van der Waals surface area (Å²) in [6.07, 6.45) is -10.3. The molecule has 0 amide bonds. The maximum Gasteiger partial charge on any atom is 0.380 e. The number of anilines is 2. The normalized spacial score (nSPS) is 15.0. The number of alkyl halides is 16. The molecule has 2 aromatic carbocycles. The molecule has 2 N–H and O–H groups in total. The number of ether oxygens (including phenoxy) is 2. The Morgan fingerprint density at radius 3 is 1.08 bits per heavy atom. The van der Waals surface area contributed by atoms with Crippen molar-refractivity contribution in [1.29, 1.82) is 0 Å². The van der Waals surface area contributed by atoms with Crippen LogP contribution in [0.3, 0.4) is 0 Å². The van der Waals surface area contributed by atoms with Gasteiger partial charge in [0, 0.05) is 24.5 Å². The highest BCUT2D eigenvalue weighted by Crippen LogP contribution is 2.50. The number of para-hydroxylation sites is 2. The number of hydrogen-bond acceptors (Lipinski definition) is 6. The Morgan fingerprint density at radius 2 is 0.800 bits per heavy atom. The monoisotopic (exact) mass is 792 g/mol. The molecular weight excluding hydrogens is 764 g/mol. The van der Waals surface area contributed by atoms with Gasteiger partial charge in [0.15, 0.2) is 0 Å².